The highest BCUT2D eigenvalue weighted by Crippen LogP contribution is 2.44. The summed E-state index contributed by atoms with van der Waals surface area (Å²) in [5, 5.41) is 6.49. The minimum Gasteiger partial charge on any atom is -0.396 e. The van der Waals surface area contributed by atoms with E-state index in [-0.39, 0.29) is 23.9 Å². The van der Waals surface area contributed by atoms with Crippen LogP contribution in [0.1, 0.15) is 39.2 Å². The van der Waals surface area contributed by atoms with Gasteiger partial charge in [0.05, 0.1) is 33.9 Å². The number of benzene rings is 2. The van der Waals surface area contributed by atoms with Crippen molar-refractivity contribution in [2.24, 2.45) is 0 Å². The van der Waals surface area contributed by atoms with E-state index in [1.165, 1.54) is 0 Å². The van der Waals surface area contributed by atoms with E-state index in [0.717, 1.165) is 41.4 Å². The molecule has 2 amide bonds. The molecule has 4 aromatic rings. The molecule has 0 atom stereocenters. The summed E-state index contributed by atoms with van der Waals surface area (Å²) >= 11 is 0. The third-order valence-corrected chi connectivity index (χ3v) is 8.52. The fraction of sp³-hybridized carbons (Fsp3) is 0.333. The van der Waals surface area contributed by atoms with E-state index in [9.17, 15) is 13.2 Å². The maximum atomic E-state index is 13.2. The van der Waals surface area contributed by atoms with Gasteiger partial charge in [-0.1, -0.05) is 12.1 Å². The number of nitrogens with zero attached hydrogens (tertiary/aromatic N) is 3. The Hall–Kier alpha value is -3.79. The van der Waals surface area contributed by atoms with Gasteiger partial charge in [-0.15, -0.1) is 0 Å². The number of carbonyl (C=O) groups excluding carboxylic acids is 1. The standard InChI is InChI=1S/C27H32N6O3S/c1-18(2)30-27(34)31-20-8-6-19(7-9-20)26-25(28)23-11-10-22(16-24(23)33(26)21-4-3-5-21)37(35,36)15-14-32-13-12-29-17-32/h6-13,16-18,21H,3-5,14-15,28H2,1-2H3,(H2,30,31,34). The molecule has 37 heavy (non-hydrogen) atoms. The van der Waals surface area contributed by atoms with Gasteiger partial charge in [0.15, 0.2) is 9.84 Å². The van der Waals surface area contributed by atoms with Crippen LogP contribution in [0.15, 0.2) is 66.1 Å². The van der Waals surface area contributed by atoms with Crippen LogP contribution in [-0.2, 0) is 16.4 Å². The van der Waals surface area contributed by atoms with E-state index < -0.39 is 9.84 Å². The molecule has 0 saturated heterocycles. The summed E-state index contributed by atoms with van der Waals surface area (Å²) in [4.78, 5) is 16.3. The van der Waals surface area contributed by atoms with Crippen LogP contribution in [0.25, 0.3) is 22.2 Å². The highest BCUT2D eigenvalue weighted by molar-refractivity contribution is 7.91. The molecule has 194 valence electrons. The number of fused-ring (bicyclic) bond motifs is 1. The van der Waals surface area contributed by atoms with Gasteiger partial charge in [0, 0.05) is 47.7 Å². The number of sulfone groups is 1. The molecule has 1 saturated carbocycles. The number of aromatic nitrogens is 3. The van der Waals surface area contributed by atoms with Gasteiger partial charge < -0.3 is 25.5 Å². The predicted octanol–water partition coefficient (Wildman–Crippen LogP) is 4.82. The van der Waals surface area contributed by atoms with Gasteiger partial charge in [-0.3, -0.25) is 0 Å². The maximum Gasteiger partial charge on any atom is 0.319 e. The number of urea groups is 1. The second-order valence-electron chi connectivity index (χ2n) is 9.85. The van der Waals surface area contributed by atoms with Crippen molar-refractivity contribution in [3.8, 4) is 11.3 Å². The molecule has 1 aliphatic rings. The normalized spacial score (nSPS) is 14.1. The van der Waals surface area contributed by atoms with Gasteiger partial charge in [-0.25, -0.2) is 18.2 Å². The molecule has 0 unspecified atom stereocenters. The Morgan fingerprint density at radius 3 is 2.54 bits per heavy atom. The number of rotatable bonds is 8. The SMILES string of the molecule is CC(C)NC(=O)Nc1ccc(-c2c(N)c3ccc(S(=O)(=O)CCn4ccnc4)cc3n2C2CCC2)cc1. The molecule has 4 N–H and O–H groups in total. The zero-order chi connectivity index (χ0) is 26.2. The van der Waals surface area contributed by atoms with Crippen LogP contribution in [0.4, 0.5) is 16.2 Å². The lowest BCUT2D eigenvalue weighted by Gasteiger charge is -2.30. The summed E-state index contributed by atoms with van der Waals surface area (Å²) in [7, 11) is -3.50. The highest BCUT2D eigenvalue weighted by Gasteiger charge is 2.28. The minimum absolute atomic E-state index is 0.0137. The van der Waals surface area contributed by atoms with Crippen LogP contribution >= 0.6 is 0 Å². The number of nitrogens with two attached hydrogens (primary N) is 1. The summed E-state index contributed by atoms with van der Waals surface area (Å²) in [6.07, 6.45) is 8.17. The van der Waals surface area contributed by atoms with Gasteiger partial charge in [0.2, 0.25) is 0 Å². The largest absolute Gasteiger partial charge is 0.396 e. The van der Waals surface area contributed by atoms with Gasteiger partial charge in [0.25, 0.3) is 0 Å². The number of hydrogen-bond acceptors (Lipinski definition) is 5. The highest BCUT2D eigenvalue weighted by atomic mass is 32.2. The molecule has 0 aliphatic heterocycles. The number of nitrogen functional groups attached to an aromatic ring is 1. The Morgan fingerprint density at radius 1 is 1.16 bits per heavy atom. The average Bonchev–Trinajstić information content (AvgIpc) is 3.44. The number of hydrogen-bond donors (Lipinski definition) is 3. The van der Waals surface area contributed by atoms with E-state index in [1.807, 2.05) is 44.2 Å². The average molecular weight is 521 g/mol. The molecule has 0 spiro atoms. The first-order valence-corrected chi connectivity index (χ1v) is 14.2. The summed E-state index contributed by atoms with van der Waals surface area (Å²) < 4.78 is 30.3. The molecule has 2 heterocycles. The Bertz CT molecular complexity index is 1520. The number of anilines is 2. The molecule has 5 rings (SSSR count). The first kappa shape index (κ1) is 24.9. The van der Waals surface area contributed by atoms with Gasteiger partial charge in [0.1, 0.15) is 0 Å². The fourth-order valence-corrected chi connectivity index (χ4v) is 5.99. The van der Waals surface area contributed by atoms with Crippen molar-refractivity contribution in [2.75, 3.05) is 16.8 Å². The molecule has 10 heteroatoms. The Kier molecular flexibility index (Phi) is 6.68. The molecule has 0 bridgehead atoms. The third-order valence-electron chi connectivity index (χ3n) is 6.83. The Morgan fingerprint density at radius 2 is 1.92 bits per heavy atom. The molecular formula is C27H32N6O3S. The Balaban J connectivity index is 1.50. The van der Waals surface area contributed by atoms with Crippen LogP contribution in [0, 0.1) is 0 Å². The van der Waals surface area contributed by atoms with Crippen LogP contribution in [0.5, 0.6) is 0 Å². The van der Waals surface area contributed by atoms with Crippen molar-refractivity contribution in [1.29, 1.82) is 0 Å². The third kappa shape index (κ3) is 5.06. The van der Waals surface area contributed by atoms with Crippen LogP contribution in [-0.4, -0.2) is 40.4 Å². The smallest absolute Gasteiger partial charge is 0.319 e. The number of nitrogens with one attached hydrogen (secondary N) is 2. The molecule has 2 aromatic heterocycles. The molecule has 0 radical (unpaired) electrons. The summed E-state index contributed by atoms with van der Waals surface area (Å²) in [5.74, 6) is -0.0137. The number of carbonyl (C=O) groups is 1. The monoisotopic (exact) mass is 520 g/mol. The van der Waals surface area contributed by atoms with Gasteiger partial charge >= 0.3 is 6.03 Å². The van der Waals surface area contributed by atoms with E-state index in [2.05, 4.69) is 20.2 Å². The summed E-state index contributed by atoms with van der Waals surface area (Å²) in [6, 6.07) is 12.9. The second-order valence-corrected chi connectivity index (χ2v) is 12.0. The predicted molar refractivity (Wildman–Crippen MR) is 146 cm³/mol. The zero-order valence-electron chi connectivity index (χ0n) is 21.0. The quantitative estimate of drug-likeness (QED) is 0.307. The number of imidazole rings is 1. The first-order valence-electron chi connectivity index (χ1n) is 12.5. The maximum absolute atomic E-state index is 13.2. The van der Waals surface area contributed by atoms with Crippen molar-refractivity contribution < 1.29 is 13.2 Å². The molecule has 1 aliphatic carbocycles. The van der Waals surface area contributed by atoms with Crippen molar-refractivity contribution >= 4 is 38.1 Å². The zero-order valence-corrected chi connectivity index (χ0v) is 21.8. The molecular weight excluding hydrogens is 488 g/mol. The topological polar surface area (TPSA) is 124 Å². The van der Waals surface area contributed by atoms with E-state index >= 15 is 0 Å². The van der Waals surface area contributed by atoms with Crippen LogP contribution < -0.4 is 16.4 Å². The molecule has 1 fully saturated rings. The van der Waals surface area contributed by atoms with Crippen LogP contribution in [0.2, 0.25) is 0 Å². The second kappa shape index (κ2) is 9.93. The van der Waals surface area contributed by atoms with E-state index in [0.29, 0.717) is 22.8 Å². The number of aryl methyl sites for hydroxylation is 1. The summed E-state index contributed by atoms with van der Waals surface area (Å²) in [5.41, 5.74) is 10.6. The lowest BCUT2D eigenvalue weighted by atomic mass is 9.92. The van der Waals surface area contributed by atoms with Crippen LogP contribution in [0.3, 0.4) is 0 Å². The molecule has 2 aromatic carbocycles. The Labute approximate surface area is 216 Å². The summed E-state index contributed by atoms with van der Waals surface area (Å²) in [6.45, 7) is 4.15. The van der Waals surface area contributed by atoms with E-state index in [4.69, 9.17) is 5.73 Å². The van der Waals surface area contributed by atoms with Crippen molar-refractivity contribution in [3.05, 3.63) is 61.2 Å². The van der Waals surface area contributed by atoms with Crippen molar-refractivity contribution in [2.45, 2.75) is 56.6 Å². The van der Waals surface area contributed by atoms with Gasteiger partial charge in [-0.05, 0) is 63.4 Å². The lowest BCUT2D eigenvalue weighted by Crippen LogP contribution is -2.34. The minimum atomic E-state index is -3.50. The molecule has 9 nitrogen and oxygen atoms in total. The number of amides is 2. The fourth-order valence-electron chi connectivity index (χ4n) is 4.73. The van der Waals surface area contributed by atoms with Crippen molar-refractivity contribution in [3.63, 3.8) is 0 Å². The van der Waals surface area contributed by atoms with Crippen molar-refractivity contribution in [1.82, 2.24) is 19.4 Å². The van der Waals surface area contributed by atoms with E-state index in [1.54, 1.807) is 35.4 Å². The van der Waals surface area contributed by atoms with Gasteiger partial charge in [-0.2, -0.15) is 0 Å². The lowest BCUT2D eigenvalue weighted by molar-refractivity contribution is 0.250. The first-order chi connectivity index (χ1) is 17.7.